The molecule has 4 atom stereocenters. The van der Waals surface area contributed by atoms with Crippen LogP contribution in [0, 0.1) is 0 Å². The predicted octanol–water partition coefficient (Wildman–Crippen LogP) is 3.28. The van der Waals surface area contributed by atoms with Crippen molar-refractivity contribution >= 4 is 0 Å². The number of nitrogens with zero attached hydrogens (tertiary/aromatic N) is 3. The maximum absolute atomic E-state index is 3.83. The van der Waals surface area contributed by atoms with Gasteiger partial charge in [0.2, 0.25) is 0 Å². The zero-order valence-electron chi connectivity index (χ0n) is 19.0. The van der Waals surface area contributed by atoms with Gasteiger partial charge in [0, 0.05) is 48.3 Å². The topological polar surface area (TPSA) is 21.8 Å². The van der Waals surface area contributed by atoms with Gasteiger partial charge in [-0.15, -0.1) is 0 Å². The van der Waals surface area contributed by atoms with Crippen LogP contribution >= 0.6 is 0 Å². The second-order valence-electron chi connectivity index (χ2n) is 10.1. The molecule has 0 aromatic carbocycles. The summed E-state index contributed by atoms with van der Waals surface area (Å²) in [7, 11) is 6.87. The molecule has 0 saturated carbocycles. The van der Waals surface area contributed by atoms with Crippen molar-refractivity contribution in [3.8, 4) is 0 Å². The first-order chi connectivity index (χ1) is 11.3. The number of likely N-dealkylation sites (N-methyl/N-ethyl adjacent to an activating group) is 3. The van der Waals surface area contributed by atoms with E-state index in [1.165, 1.54) is 6.42 Å². The molecule has 1 heterocycles. The Morgan fingerprint density at radius 3 is 1.76 bits per heavy atom. The van der Waals surface area contributed by atoms with Gasteiger partial charge in [0.1, 0.15) is 0 Å². The van der Waals surface area contributed by atoms with Gasteiger partial charge >= 0.3 is 0 Å². The Balaban J connectivity index is 3.04. The van der Waals surface area contributed by atoms with Crippen molar-refractivity contribution in [2.45, 2.75) is 103 Å². The van der Waals surface area contributed by atoms with E-state index in [1.54, 1.807) is 0 Å². The first kappa shape index (κ1) is 22.9. The van der Waals surface area contributed by atoms with Gasteiger partial charge in [-0.1, -0.05) is 0 Å². The lowest BCUT2D eigenvalue weighted by Crippen LogP contribution is -2.56. The molecular weight excluding hydrogens is 308 g/mol. The molecule has 4 unspecified atom stereocenters. The third kappa shape index (κ3) is 6.50. The van der Waals surface area contributed by atoms with Gasteiger partial charge in [0.25, 0.3) is 0 Å². The van der Waals surface area contributed by atoms with Crippen LogP contribution < -0.4 is 5.32 Å². The van der Waals surface area contributed by atoms with Crippen molar-refractivity contribution in [2.75, 3.05) is 34.2 Å². The minimum atomic E-state index is 0.154. The quantitative estimate of drug-likeness (QED) is 0.720. The highest BCUT2D eigenvalue weighted by Crippen LogP contribution is 2.25. The Bertz CT molecular complexity index is 407. The zero-order chi connectivity index (χ0) is 19.6. The standard InChI is InChI=1S/C21H46N4/c1-16-12-20(5,6)22-14-18(3)24(10)17(2)13-21(7,8)23(9)15-19(4)25(16)11/h16-19,22H,12-15H2,1-11H3. The number of hydrogen-bond acceptors (Lipinski definition) is 4. The van der Waals surface area contributed by atoms with Gasteiger partial charge in [-0.2, -0.15) is 0 Å². The molecule has 25 heavy (non-hydrogen) atoms. The van der Waals surface area contributed by atoms with Gasteiger partial charge in [0.05, 0.1) is 0 Å². The van der Waals surface area contributed by atoms with Crippen LogP contribution in [-0.2, 0) is 0 Å². The number of nitrogens with one attached hydrogen (secondary N) is 1. The van der Waals surface area contributed by atoms with E-state index in [2.05, 4.69) is 96.5 Å². The van der Waals surface area contributed by atoms with Crippen LogP contribution in [0.3, 0.4) is 0 Å². The molecule has 4 nitrogen and oxygen atoms in total. The maximum atomic E-state index is 3.83. The van der Waals surface area contributed by atoms with Crippen LogP contribution in [0.15, 0.2) is 0 Å². The molecule has 1 aliphatic heterocycles. The molecule has 1 N–H and O–H groups in total. The molecule has 0 spiro atoms. The minimum absolute atomic E-state index is 0.154. The summed E-state index contributed by atoms with van der Waals surface area (Å²) in [4.78, 5) is 7.66. The smallest absolute Gasteiger partial charge is 0.0194 e. The van der Waals surface area contributed by atoms with E-state index in [-0.39, 0.29) is 11.1 Å². The van der Waals surface area contributed by atoms with Gasteiger partial charge in [-0.25, -0.2) is 0 Å². The fraction of sp³-hybridized carbons (Fsp3) is 1.00. The molecule has 1 rings (SSSR count). The maximum Gasteiger partial charge on any atom is 0.0194 e. The van der Waals surface area contributed by atoms with Crippen LogP contribution in [-0.4, -0.2) is 84.2 Å². The fourth-order valence-corrected chi connectivity index (χ4v) is 4.19. The van der Waals surface area contributed by atoms with Crippen molar-refractivity contribution in [1.29, 1.82) is 0 Å². The van der Waals surface area contributed by atoms with Crippen molar-refractivity contribution in [3.05, 3.63) is 0 Å². The highest BCUT2D eigenvalue weighted by molar-refractivity contribution is 4.91. The Morgan fingerprint density at radius 1 is 0.720 bits per heavy atom. The Kier molecular flexibility index (Phi) is 7.95. The van der Waals surface area contributed by atoms with E-state index in [1.807, 2.05) is 0 Å². The molecule has 4 heteroatoms. The van der Waals surface area contributed by atoms with Gasteiger partial charge in [-0.05, 0) is 89.4 Å². The summed E-state index contributed by atoms with van der Waals surface area (Å²) in [5.74, 6) is 0. The van der Waals surface area contributed by atoms with Crippen LogP contribution in [0.2, 0.25) is 0 Å². The molecule has 1 aliphatic rings. The molecule has 0 amide bonds. The molecule has 1 saturated heterocycles. The first-order valence-corrected chi connectivity index (χ1v) is 10.2. The van der Waals surface area contributed by atoms with Crippen LogP contribution in [0.25, 0.3) is 0 Å². The predicted molar refractivity (Wildman–Crippen MR) is 111 cm³/mol. The number of rotatable bonds is 0. The van der Waals surface area contributed by atoms with E-state index in [4.69, 9.17) is 0 Å². The summed E-state index contributed by atoms with van der Waals surface area (Å²) in [5.41, 5.74) is 0.351. The van der Waals surface area contributed by atoms with Crippen molar-refractivity contribution in [3.63, 3.8) is 0 Å². The average Bonchev–Trinajstić information content (AvgIpc) is 2.49. The summed E-state index contributed by atoms with van der Waals surface area (Å²) in [6.07, 6.45) is 2.34. The summed E-state index contributed by atoms with van der Waals surface area (Å²) in [6, 6.07) is 2.20. The van der Waals surface area contributed by atoms with E-state index >= 15 is 0 Å². The van der Waals surface area contributed by atoms with Gasteiger partial charge < -0.3 is 5.32 Å². The lowest BCUT2D eigenvalue weighted by atomic mass is 9.91. The van der Waals surface area contributed by atoms with E-state index in [0.717, 1.165) is 19.5 Å². The summed E-state index contributed by atoms with van der Waals surface area (Å²) < 4.78 is 0. The molecule has 1 fully saturated rings. The molecule has 0 aliphatic carbocycles. The molecule has 150 valence electrons. The van der Waals surface area contributed by atoms with E-state index < -0.39 is 0 Å². The van der Waals surface area contributed by atoms with Crippen molar-refractivity contribution in [1.82, 2.24) is 20.0 Å². The van der Waals surface area contributed by atoms with Crippen LogP contribution in [0.5, 0.6) is 0 Å². The molecule has 0 aromatic heterocycles. The lowest BCUT2D eigenvalue weighted by Gasteiger charge is -2.45. The van der Waals surface area contributed by atoms with Gasteiger partial charge in [0.15, 0.2) is 0 Å². The Hall–Kier alpha value is -0.160. The summed E-state index contributed by atoms with van der Waals surface area (Å²) >= 11 is 0. The summed E-state index contributed by atoms with van der Waals surface area (Å²) in [5, 5.41) is 3.83. The molecule has 0 radical (unpaired) electrons. The number of hydrogen-bond donors (Lipinski definition) is 1. The Morgan fingerprint density at radius 2 is 1.20 bits per heavy atom. The first-order valence-electron chi connectivity index (χ1n) is 10.2. The molecule has 0 bridgehead atoms. The highest BCUT2D eigenvalue weighted by Gasteiger charge is 2.32. The van der Waals surface area contributed by atoms with Crippen molar-refractivity contribution in [2.24, 2.45) is 0 Å². The third-order valence-corrected chi connectivity index (χ3v) is 6.83. The third-order valence-electron chi connectivity index (χ3n) is 6.83. The molecular formula is C21H46N4. The van der Waals surface area contributed by atoms with Crippen LogP contribution in [0.4, 0.5) is 0 Å². The second-order valence-corrected chi connectivity index (χ2v) is 10.1. The molecule has 0 aromatic rings. The van der Waals surface area contributed by atoms with Crippen LogP contribution in [0.1, 0.15) is 68.2 Å². The highest BCUT2D eigenvalue weighted by atomic mass is 15.3. The van der Waals surface area contributed by atoms with E-state index in [9.17, 15) is 0 Å². The normalized spacial score (nSPS) is 37.6. The largest absolute Gasteiger partial charge is 0.310 e. The van der Waals surface area contributed by atoms with E-state index in [0.29, 0.717) is 24.2 Å². The minimum Gasteiger partial charge on any atom is -0.310 e. The summed E-state index contributed by atoms with van der Waals surface area (Å²) in [6.45, 7) is 21.1. The zero-order valence-corrected chi connectivity index (χ0v) is 19.0. The van der Waals surface area contributed by atoms with Crippen molar-refractivity contribution < 1.29 is 0 Å². The van der Waals surface area contributed by atoms with Gasteiger partial charge in [-0.3, -0.25) is 14.7 Å². The Labute approximate surface area is 158 Å². The monoisotopic (exact) mass is 354 g/mol. The second kappa shape index (κ2) is 8.69. The fourth-order valence-electron chi connectivity index (χ4n) is 4.19. The SMILES string of the molecule is CC1CNC(C)(C)CC(C)N(C)C(C)CN(C)C(C)(C)CC(C)N1C. The lowest BCUT2D eigenvalue weighted by molar-refractivity contribution is 0.0516. The average molecular weight is 355 g/mol.